The Balaban J connectivity index is 1.92. The van der Waals surface area contributed by atoms with Gasteiger partial charge in [0.05, 0.1) is 13.7 Å². The molecule has 2 nitrogen and oxygen atoms in total. The first-order valence-corrected chi connectivity index (χ1v) is 6.03. The van der Waals surface area contributed by atoms with E-state index in [2.05, 4.69) is 17.1 Å². The number of rotatable bonds is 3. The summed E-state index contributed by atoms with van der Waals surface area (Å²) in [6, 6.07) is 8.17. The van der Waals surface area contributed by atoms with Gasteiger partial charge in [0.25, 0.3) is 0 Å². The van der Waals surface area contributed by atoms with Crippen LogP contribution in [0.25, 0.3) is 0 Å². The fourth-order valence-electron chi connectivity index (χ4n) is 2.05. The molecule has 0 aliphatic heterocycles. The lowest BCUT2D eigenvalue weighted by Crippen LogP contribution is -2.04. The van der Waals surface area contributed by atoms with Gasteiger partial charge < -0.3 is 4.74 Å². The van der Waals surface area contributed by atoms with E-state index in [0.29, 0.717) is 0 Å². The topological polar surface area (TPSA) is 21.6 Å². The van der Waals surface area contributed by atoms with Crippen LogP contribution in [0.4, 0.5) is 0 Å². The van der Waals surface area contributed by atoms with Gasteiger partial charge in [-0.15, -0.1) is 0 Å². The average Bonchev–Trinajstić information content (AvgIpc) is 2.38. The summed E-state index contributed by atoms with van der Waals surface area (Å²) in [5, 5.41) is 0. The molecule has 0 saturated heterocycles. The van der Waals surface area contributed by atoms with Crippen molar-refractivity contribution < 1.29 is 4.74 Å². The van der Waals surface area contributed by atoms with Crippen LogP contribution in [0.2, 0.25) is 0 Å². The molecule has 1 aliphatic carbocycles. The fraction of sp³-hybridized carbons (Fsp3) is 0.500. The molecule has 1 aliphatic rings. The molecule has 0 amide bonds. The Morgan fingerprint density at radius 1 is 1.06 bits per heavy atom. The highest BCUT2D eigenvalue weighted by atomic mass is 16.5. The van der Waals surface area contributed by atoms with Gasteiger partial charge in [0.1, 0.15) is 5.75 Å². The van der Waals surface area contributed by atoms with Crippen LogP contribution in [0.3, 0.4) is 0 Å². The van der Waals surface area contributed by atoms with Gasteiger partial charge in [0.15, 0.2) is 0 Å². The molecular formula is C14H19NO. The molecule has 1 fully saturated rings. The van der Waals surface area contributed by atoms with Crippen molar-refractivity contribution in [3.63, 3.8) is 0 Å². The second kappa shape index (κ2) is 5.69. The van der Waals surface area contributed by atoms with Crippen LogP contribution in [0.5, 0.6) is 5.75 Å². The first-order chi connectivity index (χ1) is 7.88. The Kier molecular flexibility index (Phi) is 3.97. The Morgan fingerprint density at radius 2 is 1.75 bits per heavy atom. The Bertz CT molecular complexity index is 346. The Hall–Kier alpha value is -1.31. The van der Waals surface area contributed by atoms with Crippen molar-refractivity contribution in [2.75, 3.05) is 7.11 Å². The van der Waals surface area contributed by atoms with E-state index in [1.54, 1.807) is 7.11 Å². The first kappa shape index (κ1) is 11.2. The molecule has 0 spiro atoms. The minimum atomic E-state index is 0.819. The van der Waals surface area contributed by atoms with Crippen molar-refractivity contribution in [1.29, 1.82) is 0 Å². The summed E-state index contributed by atoms with van der Waals surface area (Å²) in [5.41, 5.74) is 2.67. The summed E-state index contributed by atoms with van der Waals surface area (Å²) in [4.78, 5) is 4.68. The number of hydrogen-bond donors (Lipinski definition) is 0. The lowest BCUT2D eigenvalue weighted by molar-refractivity contribution is 0.414. The van der Waals surface area contributed by atoms with Gasteiger partial charge in [0.2, 0.25) is 0 Å². The molecule has 16 heavy (non-hydrogen) atoms. The van der Waals surface area contributed by atoms with E-state index in [9.17, 15) is 0 Å². The minimum absolute atomic E-state index is 0.819. The molecule has 0 aromatic heterocycles. The van der Waals surface area contributed by atoms with Gasteiger partial charge in [0, 0.05) is 5.71 Å². The normalized spacial score (nSPS) is 15.9. The van der Waals surface area contributed by atoms with E-state index in [1.165, 1.54) is 43.4 Å². The molecule has 0 atom stereocenters. The van der Waals surface area contributed by atoms with Gasteiger partial charge in [-0.3, -0.25) is 4.99 Å². The van der Waals surface area contributed by atoms with Gasteiger partial charge >= 0.3 is 0 Å². The molecule has 1 aromatic carbocycles. The van der Waals surface area contributed by atoms with Crippen molar-refractivity contribution in [2.45, 2.75) is 38.6 Å². The third kappa shape index (κ3) is 3.09. The highest BCUT2D eigenvalue weighted by Crippen LogP contribution is 2.16. The van der Waals surface area contributed by atoms with Crippen molar-refractivity contribution in [3.8, 4) is 5.75 Å². The minimum Gasteiger partial charge on any atom is -0.497 e. The maximum absolute atomic E-state index is 5.13. The summed E-state index contributed by atoms with van der Waals surface area (Å²) in [6.07, 6.45) is 6.43. The van der Waals surface area contributed by atoms with E-state index in [0.717, 1.165) is 12.3 Å². The van der Waals surface area contributed by atoms with Crippen molar-refractivity contribution in [2.24, 2.45) is 4.99 Å². The molecule has 2 rings (SSSR count). The lowest BCUT2D eigenvalue weighted by atomic mass is 9.98. The Morgan fingerprint density at radius 3 is 2.38 bits per heavy atom. The fourth-order valence-corrected chi connectivity index (χ4v) is 2.05. The maximum Gasteiger partial charge on any atom is 0.118 e. The number of aliphatic imine (C=N–C) groups is 1. The summed E-state index contributed by atoms with van der Waals surface area (Å²) in [7, 11) is 1.69. The summed E-state index contributed by atoms with van der Waals surface area (Å²) < 4.78 is 5.13. The second-order valence-corrected chi connectivity index (χ2v) is 4.29. The van der Waals surface area contributed by atoms with Crippen molar-refractivity contribution in [3.05, 3.63) is 29.8 Å². The molecule has 86 valence electrons. The van der Waals surface area contributed by atoms with Crippen LogP contribution in [-0.4, -0.2) is 12.8 Å². The van der Waals surface area contributed by atoms with Crippen molar-refractivity contribution in [1.82, 2.24) is 0 Å². The van der Waals surface area contributed by atoms with Crippen LogP contribution in [0.1, 0.15) is 37.7 Å². The molecule has 2 heteroatoms. The van der Waals surface area contributed by atoms with E-state index >= 15 is 0 Å². The largest absolute Gasteiger partial charge is 0.497 e. The zero-order valence-corrected chi connectivity index (χ0v) is 9.91. The van der Waals surface area contributed by atoms with Crippen molar-refractivity contribution >= 4 is 5.71 Å². The summed E-state index contributed by atoms with van der Waals surface area (Å²) in [5.74, 6) is 0.911. The predicted molar refractivity (Wildman–Crippen MR) is 67.2 cm³/mol. The van der Waals surface area contributed by atoms with E-state index in [-0.39, 0.29) is 0 Å². The first-order valence-electron chi connectivity index (χ1n) is 6.03. The standard InChI is InChI=1S/C14H19NO/c1-16-14-9-7-12(8-10-14)11-15-13-5-3-2-4-6-13/h7-10H,2-6,11H2,1H3. The number of ether oxygens (including phenoxy) is 1. The number of hydrogen-bond acceptors (Lipinski definition) is 2. The molecule has 0 bridgehead atoms. The molecule has 1 saturated carbocycles. The van der Waals surface area contributed by atoms with Crippen LogP contribution in [0.15, 0.2) is 29.3 Å². The van der Waals surface area contributed by atoms with Gasteiger partial charge in [-0.1, -0.05) is 18.6 Å². The van der Waals surface area contributed by atoms with Crippen LogP contribution < -0.4 is 4.74 Å². The molecule has 0 radical (unpaired) electrons. The van der Waals surface area contributed by atoms with Crippen LogP contribution in [-0.2, 0) is 6.54 Å². The second-order valence-electron chi connectivity index (χ2n) is 4.29. The lowest BCUT2D eigenvalue weighted by Gasteiger charge is -2.12. The molecule has 0 heterocycles. The summed E-state index contributed by atoms with van der Waals surface area (Å²) >= 11 is 0. The zero-order chi connectivity index (χ0) is 11.2. The number of nitrogens with zero attached hydrogens (tertiary/aromatic N) is 1. The highest BCUT2D eigenvalue weighted by molar-refractivity contribution is 5.84. The molecular weight excluding hydrogens is 198 g/mol. The number of benzene rings is 1. The van der Waals surface area contributed by atoms with Crippen LogP contribution in [0, 0.1) is 0 Å². The van der Waals surface area contributed by atoms with Gasteiger partial charge in [-0.2, -0.15) is 0 Å². The quantitative estimate of drug-likeness (QED) is 0.758. The zero-order valence-electron chi connectivity index (χ0n) is 9.91. The van der Waals surface area contributed by atoms with Gasteiger partial charge in [-0.25, -0.2) is 0 Å². The third-order valence-electron chi connectivity index (χ3n) is 3.08. The predicted octanol–water partition coefficient (Wildman–Crippen LogP) is 3.60. The Labute approximate surface area is 97.4 Å². The summed E-state index contributed by atoms with van der Waals surface area (Å²) in [6.45, 7) is 0.819. The molecule has 0 unspecified atom stereocenters. The van der Waals surface area contributed by atoms with E-state index in [4.69, 9.17) is 4.74 Å². The third-order valence-corrected chi connectivity index (χ3v) is 3.08. The average molecular weight is 217 g/mol. The highest BCUT2D eigenvalue weighted by Gasteiger charge is 2.05. The van der Waals surface area contributed by atoms with Crippen LogP contribution >= 0.6 is 0 Å². The van der Waals surface area contributed by atoms with E-state index in [1.807, 2.05) is 12.1 Å². The van der Waals surface area contributed by atoms with E-state index < -0.39 is 0 Å². The smallest absolute Gasteiger partial charge is 0.118 e. The monoisotopic (exact) mass is 217 g/mol. The van der Waals surface area contributed by atoms with Gasteiger partial charge in [-0.05, 0) is 43.4 Å². The molecule has 1 aromatic rings. The maximum atomic E-state index is 5.13. The SMILES string of the molecule is COc1ccc(CN=C2CCCCC2)cc1. The number of methoxy groups -OCH3 is 1. The molecule has 0 N–H and O–H groups in total.